The van der Waals surface area contributed by atoms with E-state index < -0.39 is 5.92 Å². The Morgan fingerprint density at radius 3 is 2.26 bits per heavy atom. The zero-order valence-electron chi connectivity index (χ0n) is 11.0. The molecule has 0 aromatic heterocycles. The van der Waals surface area contributed by atoms with Crippen LogP contribution >= 0.6 is 0 Å². The summed E-state index contributed by atoms with van der Waals surface area (Å²) in [6, 6.07) is 9.78. The van der Waals surface area contributed by atoms with Crippen molar-refractivity contribution < 1.29 is 9.59 Å². The third kappa shape index (κ3) is 3.60. The predicted molar refractivity (Wildman–Crippen MR) is 75.5 cm³/mol. The maximum atomic E-state index is 11.1. The van der Waals surface area contributed by atoms with Crippen LogP contribution in [0.5, 0.6) is 0 Å². The van der Waals surface area contributed by atoms with Gasteiger partial charge in [0.05, 0.1) is 11.8 Å². The van der Waals surface area contributed by atoms with E-state index in [9.17, 15) is 9.59 Å². The summed E-state index contributed by atoms with van der Waals surface area (Å²) < 4.78 is 0. The van der Waals surface area contributed by atoms with Crippen LogP contribution in [0, 0.1) is 5.92 Å². The highest BCUT2D eigenvalue weighted by Gasteiger charge is 2.19. The lowest BCUT2D eigenvalue weighted by Crippen LogP contribution is -2.22. The Hall–Kier alpha value is -1.77. The highest BCUT2D eigenvalue weighted by atomic mass is 16.1. The van der Waals surface area contributed by atoms with Crippen LogP contribution in [-0.2, 0) is 9.59 Å². The fraction of sp³-hybridized carbons (Fsp3) is 0.438. The minimum atomic E-state index is -0.746. The van der Waals surface area contributed by atoms with Gasteiger partial charge in [-0.2, -0.15) is 0 Å². The predicted octanol–water partition coefficient (Wildman–Crippen LogP) is 2.82. The second-order valence-electron chi connectivity index (χ2n) is 4.97. The highest BCUT2D eigenvalue weighted by Crippen LogP contribution is 2.22. The summed E-state index contributed by atoms with van der Waals surface area (Å²) in [7, 11) is 0. The number of aliphatic imine (C=N–C) groups is 1. The molecule has 100 valence electrons. The summed E-state index contributed by atoms with van der Waals surface area (Å²) in [4.78, 5) is 26.9. The van der Waals surface area contributed by atoms with Crippen molar-refractivity contribution in [2.24, 2.45) is 10.9 Å². The molecule has 0 radical (unpaired) electrons. The molecular formula is C16H19NO2. The standard InChI is InChI=1S/C16H19NO2/c18-11-14(12-19)16(13-7-3-1-4-8-13)17-15-9-5-2-6-10-15/h1,3-4,7-8,11-12,14-15H,2,5-6,9-10H2. The van der Waals surface area contributed by atoms with Gasteiger partial charge in [0.15, 0.2) is 0 Å². The molecule has 0 amide bonds. The van der Waals surface area contributed by atoms with Gasteiger partial charge in [0.1, 0.15) is 18.5 Å². The van der Waals surface area contributed by atoms with Gasteiger partial charge in [-0.15, -0.1) is 0 Å². The van der Waals surface area contributed by atoms with E-state index in [4.69, 9.17) is 4.99 Å². The molecule has 1 aliphatic rings. The molecule has 1 saturated carbocycles. The summed E-state index contributed by atoms with van der Waals surface area (Å²) in [5, 5.41) is 0. The Labute approximate surface area is 113 Å². The third-order valence-electron chi connectivity index (χ3n) is 3.57. The first-order chi connectivity index (χ1) is 9.35. The molecule has 0 aliphatic heterocycles. The van der Waals surface area contributed by atoms with Crippen LogP contribution in [0.15, 0.2) is 35.3 Å². The number of benzene rings is 1. The summed E-state index contributed by atoms with van der Waals surface area (Å²) in [6.45, 7) is 0. The molecule has 0 atom stereocenters. The molecule has 1 aromatic carbocycles. The summed E-state index contributed by atoms with van der Waals surface area (Å²) in [5.74, 6) is -0.746. The maximum absolute atomic E-state index is 11.1. The molecule has 2 rings (SSSR count). The SMILES string of the molecule is O=CC(C=O)C(=NC1CCCCC1)c1ccccc1. The van der Waals surface area contributed by atoms with E-state index in [0.29, 0.717) is 18.3 Å². The van der Waals surface area contributed by atoms with E-state index in [-0.39, 0.29) is 6.04 Å². The minimum absolute atomic E-state index is 0.256. The van der Waals surface area contributed by atoms with Crippen molar-refractivity contribution in [3.63, 3.8) is 0 Å². The fourth-order valence-corrected chi connectivity index (χ4v) is 2.53. The van der Waals surface area contributed by atoms with E-state index in [1.165, 1.54) is 19.3 Å². The van der Waals surface area contributed by atoms with Crippen molar-refractivity contribution in [2.45, 2.75) is 38.1 Å². The lowest BCUT2D eigenvalue weighted by atomic mass is 9.94. The van der Waals surface area contributed by atoms with Gasteiger partial charge in [0, 0.05) is 0 Å². The van der Waals surface area contributed by atoms with Crippen molar-refractivity contribution in [1.29, 1.82) is 0 Å². The van der Waals surface area contributed by atoms with E-state index >= 15 is 0 Å². The van der Waals surface area contributed by atoms with Gasteiger partial charge in [-0.05, 0) is 18.4 Å². The van der Waals surface area contributed by atoms with Crippen molar-refractivity contribution in [3.05, 3.63) is 35.9 Å². The Morgan fingerprint density at radius 2 is 1.68 bits per heavy atom. The lowest BCUT2D eigenvalue weighted by Gasteiger charge is -2.20. The van der Waals surface area contributed by atoms with Gasteiger partial charge in [0.2, 0.25) is 0 Å². The average Bonchev–Trinajstić information content (AvgIpc) is 2.49. The Morgan fingerprint density at radius 1 is 1.05 bits per heavy atom. The van der Waals surface area contributed by atoms with Crippen LogP contribution in [0.1, 0.15) is 37.7 Å². The third-order valence-corrected chi connectivity index (χ3v) is 3.57. The zero-order valence-corrected chi connectivity index (χ0v) is 11.0. The van der Waals surface area contributed by atoms with Crippen LogP contribution in [0.3, 0.4) is 0 Å². The van der Waals surface area contributed by atoms with Crippen molar-refractivity contribution >= 4 is 18.3 Å². The molecule has 1 aliphatic carbocycles. The lowest BCUT2D eigenvalue weighted by molar-refractivity contribution is -0.116. The van der Waals surface area contributed by atoms with Gasteiger partial charge >= 0.3 is 0 Å². The monoisotopic (exact) mass is 257 g/mol. The van der Waals surface area contributed by atoms with Gasteiger partial charge < -0.3 is 9.59 Å². The molecule has 0 spiro atoms. The number of carbonyl (C=O) groups excluding carboxylic acids is 2. The van der Waals surface area contributed by atoms with Crippen LogP contribution in [0.25, 0.3) is 0 Å². The smallest absolute Gasteiger partial charge is 0.136 e. The fourth-order valence-electron chi connectivity index (χ4n) is 2.53. The molecule has 19 heavy (non-hydrogen) atoms. The van der Waals surface area contributed by atoms with Crippen LogP contribution in [0.4, 0.5) is 0 Å². The van der Waals surface area contributed by atoms with E-state index in [1.807, 2.05) is 30.3 Å². The van der Waals surface area contributed by atoms with E-state index in [0.717, 1.165) is 18.4 Å². The first-order valence-electron chi connectivity index (χ1n) is 6.89. The molecule has 1 fully saturated rings. The summed E-state index contributed by atoms with van der Waals surface area (Å²) in [5.41, 5.74) is 1.50. The van der Waals surface area contributed by atoms with E-state index in [1.54, 1.807) is 0 Å². The Bertz CT molecular complexity index is 439. The molecular weight excluding hydrogens is 238 g/mol. The van der Waals surface area contributed by atoms with Crippen molar-refractivity contribution in [1.82, 2.24) is 0 Å². The number of nitrogens with zero attached hydrogens (tertiary/aromatic N) is 1. The molecule has 1 aromatic rings. The molecule has 3 nitrogen and oxygen atoms in total. The Kier molecular flexibility index (Phi) is 5.01. The first-order valence-corrected chi connectivity index (χ1v) is 6.89. The van der Waals surface area contributed by atoms with Crippen molar-refractivity contribution in [3.8, 4) is 0 Å². The normalized spacial score (nSPS) is 17.4. The number of aldehydes is 2. The largest absolute Gasteiger partial charge is 0.302 e. The summed E-state index contributed by atoms with van der Waals surface area (Å²) in [6.07, 6.45) is 7.11. The molecule has 0 heterocycles. The second-order valence-corrected chi connectivity index (χ2v) is 4.97. The first kappa shape index (κ1) is 13.7. The number of hydrogen-bond donors (Lipinski definition) is 0. The second kappa shape index (κ2) is 6.98. The van der Waals surface area contributed by atoms with Gasteiger partial charge in [-0.1, -0.05) is 49.6 Å². The molecule has 0 bridgehead atoms. The number of carbonyl (C=O) groups is 2. The zero-order chi connectivity index (χ0) is 13.5. The molecule has 0 unspecified atom stereocenters. The molecule has 3 heteroatoms. The Balaban J connectivity index is 2.30. The average molecular weight is 257 g/mol. The van der Waals surface area contributed by atoms with E-state index in [2.05, 4.69) is 0 Å². The summed E-state index contributed by atoms with van der Waals surface area (Å²) >= 11 is 0. The highest BCUT2D eigenvalue weighted by molar-refractivity contribution is 6.17. The van der Waals surface area contributed by atoms with Crippen LogP contribution in [-0.4, -0.2) is 24.3 Å². The topological polar surface area (TPSA) is 46.5 Å². The number of rotatable bonds is 5. The van der Waals surface area contributed by atoms with Gasteiger partial charge in [-0.25, -0.2) is 0 Å². The van der Waals surface area contributed by atoms with Crippen LogP contribution < -0.4 is 0 Å². The van der Waals surface area contributed by atoms with Crippen LogP contribution in [0.2, 0.25) is 0 Å². The molecule has 0 N–H and O–H groups in total. The molecule has 0 saturated heterocycles. The van der Waals surface area contributed by atoms with Gasteiger partial charge in [0.25, 0.3) is 0 Å². The maximum Gasteiger partial charge on any atom is 0.136 e. The van der Waals surface area contributed by atoms with Gasteiger partial charge in [-0.3, -0.25) is 4.99 Å². The number of hydrogen-bond acceptors (Lipinski definition) is 3. The quantitative estimate of drug-likeness (QED) is 0.462. The van der Waals surface area contributed by atoms with Crippen molar-refractivity contribution in [2.75, 3.05) is 0 Å². The minimum Gasteiger partial charge on any atom is -0.302 e.